The Morgan fingerprint density at radius 1 is 1.43 bits per heavy atom. The molecule has 6 heteroatoms. The Morgan fingerprint density at radius 2 is 2.19 bits per heavy atom. The number of benzene rings is 1. The predicted octanol–water partition coefficient (Wildman–Crippen LogP) is 1.40. The molecule has 112 valence electrons. The number of nitrogens with one attached hydrogen (secondary N) is 2. The van der Waals surface area contributed by atoms with Crippen molar-refractivity contribution in [3.05, 3.63) is 28.6 Å². The fraction of sp³-hybridized carbons (Fsp3) is 0.467. The number of fused-ring (bicyclic) bond motifs is 1. The molecule has 0 radical (unpaired) electrons. The molecular weight excluding hydrogens is 266 g/mol. The average molecular weight is 287 g/mol. The first-order chi connectivity index (χ1) is 10.1. The third-order valence-corrected chi connectivity index (χ3v) is 3.84. The van der Waals surface area contributed by atoms with E-state index in [2.05, 4.69) is 27.1 Å². The Kier molecular flexibility index (Phi) is 3.79. The van der Waals surface area contributed by atoms with Crippen LogP contribution in [-0.4, -0.2) is 40.5 Å². The highest BCUT2D eigenvalue weighted by Gasteiger charge is 2.15. The van der Waals surface area contributed by atoms with E-state index >= 15 is 0 Å². The van der Waals surface area contributed by atoms with Gasteiger partial charge in [0.05, 0.1) is 10.9 Å². The van der Waals surface area contributed by atoms with Crippen molar-refractivity contribution in [3.8, 4) is 0 Å². The molecule has 0 saturated carbocycles. The summed E-state index contributed by atoms with van der Waals surface area (Å²) in [7, 11) is 0. The number of nitrogen functional groups attached to an aromatic ring is 1. The van der Waals surface area contributed by atoms with E-state index in [0.29, 0.717) is 22.5 Å². The summed E-state index contributed by atoms with van der Waals surface area (Å²) >= 11 is 0. The van der Waals surface area contributed by atoms with Crippen molar-refractivity contribution in [2.75, 3.05) is 30.7 Å². The van der Waals surface area contributed by atoms with Gasteiger partial charge < -0.3 is 16.0 Å². The Bertz CT molecular complexity index is 690. The third-order valence-electron chi connectivity index (χ3n) is 3.84. The summed E-state index contributed by atoms with van der Waals surface area (Å²) in [6, 6.07) is 5.42. The topological polar surface area (TPSA) is 87.0 Å². The maximum absolute atomic E-state index is 12.1. The number of H-pyrrole nitrogens is 1. The van der Waals surface area contributed by atoms with E-state index < -0.39 is 0 Å². The summed E-state index contributed by atoms with van der Waals surface area (Å²) < 4.78 is 0. The molecule has 2 aromatic rings. The number of anilines is 2. The van der Waals surface area contributed by atoms with E-state index in [-0.39, 0.29) is 11.6 Å². The molecule has 1 fully saturated rings. The smallest absolute Gasteiger partial charge is 0.260 e. The third kappa shape index (κ3) is 3.16. The van der Waals surface area contributed by atoms with Crippen LogP contribution in [0.2, 0.25) is 0 Å². The van der Waals surface area contributed by atoms with Gasteiger partial charge in [0.2, 0.25) is 5.95 Å². The van der Waals surface area contributed by atoms with Crippen LogP contribution in [-0.2, 0) is 0 Å². The summed E-state index contributed by atoms with van der Waals surface area (Å²) in [5.74, 6) is 0.518. The second kappa shape index (κ2) is 5.73. The van der Waals surface area contributed by atoms with Crippen LogP contribution in [0, 0.1) is 0 Å². The molecule has 0 spiro atoms. The van der Waals surface area contributed by atoms with Gasteiger partial charge in [0.1, 0.15) is 0 Å². The molecule has 1 saturated heterocycles. The van der Waals surface area contributed by atoms with Crippen LogP contribution < -0.4 is 16.6 Å². The van der Waals surface area contributed by atoms with Gasteiger partial charge in [-0.1, -0.05) is 0 Å². The lowest BCUT2D eigenvalue weighted by Crippen LogP contribution is -2.33. The van der Waals surface area contributed by atoms with Crippen LogP contribution in [0.4, 0.5) is 11.6 Å². The van der Waals surface area contributed by atoms with Gasteiger partial charge in [-0.25, -0.2) is 4.98 Å². The summed E-state index contributed by atoms with van der Waals surface area (Å²) in [5, 5.41) is 3.80. The van der Waals surface area contributed by atoms with Crippen molar-refractivity contribution < 1.29 is 0 Å². The van der Waals surface area contributed by atoms with Gasteiger partial charge in [-0.3, -0.25) is 9.78 Å². The monoisotopic (exact) mass is 287 g/mol. The van der Waals surface area contributed by atoms with E-state index in [0.717, 1.165) is 19.6 Å². The van der Waals surface area contributed by atoms with Gasteiger partial charge in [0, 0.05) is 18.3 Å². The fourth-order valence-electron chi connectivity index (χ4n) is 2.86. The van der Waals surface area contributed by atoms with Crippen molar-refractivity contribution in [1.82, 2.24) is 14.9 Å². The standard InChI is InChI=1S/C15H21N5O/c1-10(9-20-6-2-3-7-20)17-15-18-13-5-4-11(16)8-12(13)14(21)19-15/h4-5,8,10H,2-3,6-7,9,16H2,1H3,(H2,17,18,19,21). The molecule has 21 heavy (non-hydrogen) atoms. The second-order valence-electron chi connectivity index (χ2n) is 5.74. The molecule has 4 N–H and O–H groups in total. The van der Waals surface area contributed by atoms with Crippen LogP contribution in [0.15, 0.2) is 23.0 Å². The summed E-state index contributed by atoms with van der Waals surface area (Å²) in [4.78, 5) is 21.7. The van der Waals surface area contributed by atoms with E-state index in [1.165, 1.54) is 12.8 Å². The highest BCUT2D eigenvalue weighted by atomic mass is 16.1. The highest BCUT2D eigenvalue weighted by molar-refractivity contribution is 5.81. The van der Waals surface area contributed by atoms with E-state index in [1.54, 1.807) is 18.2 Å². The molecule has 0 amide bonds. The quantitative estimate of drug-likeness (QED) is 0.740. The van der Waals surface area contributed by atoms with E-state index in [9.17, 15) is 4.79 Å². The number of nitrogens with zero attached hydrogens (tertiary/aromatic N) is 2. The number of hydrogen-bond acceptors (Lipinski definition) is 5. The van der Waals surface area contributed by atoms with Gasteiger partial charge in [0.25, 0.3) is 5.56 Å². The van der Waals surface area contributed by atoms with Crippen LogP contribution in [0.3, 0.4) is 0 Å². The number of aromatic nitrogens is 2. The second-order valence-corrected chi connectivity index (χ2v) is 5.74. The molecule has 1 aliphatic heterocycles. The minimum absolute atomic E-state index is 0.164. The first kappa shape index (κ1) is 13.9. The Labute approximate surface area is 123 Å². The molecule has 6 nitrogen and oxygen atoms in total. The van der Waals surface area contributed by atoms with Crippen molar-refractivity contribution in [3.63, 3.8) is 0 Å². The minimum Gasteiger partial charge on any atom is -0.399 e. The first-order valence-electron chi connectivity index (χ1n) is 7.40. The van der Waals surface area contributed by atoms with E-state index in [4.69, 9.17) is 5.73 Å². The normalized spacial score (nSPS) is 17.2. The summed E-state index contributed by atoms with van der Waals surface area (Å²) in [5.41, 5.74) is 6.76. The van der Waals surface area contributed by atoms with Crippen LogP contribution in [0.5, 0.6) is 0 Å². The maximum atomic E-state index is 12.1. The minimum atomic E-state index is -0.164. The first-order valence-corrected chi connectivity index (χ1v) is 7.40. The van der Waals surface area contributed by atoms with Gasteiger partial charge in [-0.2, -0.15) is 0 Å². The Balaban J connectivity index is 1.77. The lowest BCUT2D eigenvalue weighted by Gasteiger charge is -2.21. The number of aromatic amines is 1. The zero-order valence-corrected chi connectivity index (χ0v) is 12.2. The lowest BCUT2D eigenvalue weighted by molar-refractivity contribution is 0.327. The summed E-state index contributed by atoms with van der Waals surface area (Å²) in [6.07, 6.45) is 2.55. The highest BCUT2D eigenvalue weighted by Crippen LogP contribution is 2.14. The predicted molar refractivity (Wildman–Crippen MR) is 85.5 cm³/mol. The van der Waals surface area contributed by atoms with Gasteiger partial charge in [-0.15, -0.1) is 0 Å². The van der Waals surface area contributed by atoms with Crippen LogP contribution in [0.25, 0.3) is 10.9 Å². The van der Waals surface area contributed by atoms with Crippen molar-refractivity contribution in [2.45, 2.75) is 25.8 Å². The molecule has 1 aromatic carbocycles. The molecule has 0 aliphatic carbocycles. The van der Waals surface area contributed by atoms with Gasteiger partial charge >= 0.3 is 0 Å². The van der Waals surface area contributed by atoms with Gasteiger partial charge in [0.15, 0.2) is 0 Å². The number of hydrogen-bond donors (Lipinski definition) is 3. The molecule has 2 heterocycles. The number of nitrogens with two attached hydrogens (primary N) is 1. The van der Waals surface area contributed by atoms with Crippen molar-refractivity contribution in [1.29, 1.82) is 0 Å². The van der Waals surface area contributed by atoms with E-state index in [1.807, 2.05) is 0 Å². The average Bonchev–Trinajstić information content (AvgIpc) is 2.92. The molecule has 1 aliphatic rings. The zero-order valence-electron chi connectivity index (χ0n) is 12.2. The number of rotatable bonds is 4. The van der Waals surface area contributed by atoms with Crippen LogP contribution >= 0.6 is 0 Å². The SMILES string of the molecule is CC(CN1CCCC1)Nc1nc2ccc(N)cc2c(=O)[nH]1. The number of likely N-dealkylation sites (tertiary alicyclic amines) is 1. The fourth-order valence-corrected chi connectivity index (χ4v) is 2.86. The van der Waals surface area contributed by atoms with Crippen molar-refractivity contribution in [2.24, 2.45) is 0 Å². The largest absolute Gasteiger partial charge is 0.399 e. The van der Waals surface area contributed by atoms with Crippen molar-refractivity contribution >= 4 is 22.5 Å². The zero-order chi connectivity index (χ0) is 14.8. The molecule has 0 bridgehead atoms. The lowest BCUT2D eigenvalue weighted by atomic mass is 10.2. The molecule has 1 atom stereocenters. The Hall–Kier alpha value is -2.08. The van der Waals surface area contributed by atoms with Crippen LogP contribution in [0.1, 0.15) is 19.8 Å². The Morgan fingerprint density at radius 3 is 2.95 bits per heavy atom. The molecule has 1 aromatic heterocycles. The van der Waals surface area contributed by atoms with Gasteiger partial charge in [-0.05, 0) is 51.1 Å². The summed E-state index contributed by atoms with van der Waals surface area (Å²) in [6.45, 7) is 5.38. The maximum Gasteiger partial charge on any atom is 0.260 e. The molecule has 3 rings (SSSR count). The molecule has 1 unspecified atom stereocenters. The molecular formula is C15H21N5O.